The number of aromatic nitrogens is 2. The van der Waals surface area contributed by atoms with Crippen LogP contribution < -0.4 is 10.2 Å². The number of fused-ring (bicyclic) bond motifs is 2. The molecule has 3 aliphatic rings. The van der Waals surface area contributed by atoms with E-state index in [1.807, 2.05) is 9.80 Å². The van der Waals surface area contributed by atoms with Gasteiger partial charge in [-0.15, -0.1) is 0 Å². The van der Waals surface area contributed by atoms with E-state index in [9.17, 15) is 18.0 Å². The van der Waals surface area contributed by atoms with Gasteiger partial charge in [0.05, 0.1) is 11.3 Å². The van der Waals surface area contributed by atoms with Gasteiger partial charge in [-0.1, -0.05) is 12.1 Å². The Labute approximate surface area is 166 Å². The van der Waals surface area contributed by atoms with Crippen molar-refractivity contribution in [3.8, 4) is 0 Å². The van der Waals surface area contributed by atoms with E-state index in [1.165, 1.54) is 12.1 Å². The molecule has 9 heteroatoms. The molecule has 0 unspecified atom stereocenters. The molecule has 0 radical (unpaired) electrons. The molecule has 2 atom stereocenters. The molecule has 29 heavy (non-hydrogen) atoms. The first-order valence-corrected chi connectivity index (χ1v) is 9.89. The third kappa shape index (κ3) is 3.17. The largest absolute Gasteiger partial charge is 0.418 e. The average molecular weight is 405 g/mol. The zero-order valence-corrected chi connectivity index (χ0v) is 15.8. The Morgan fingerprint density at radius 1 is 1.10 bits per heavy atom. The summed E-state index contributed by atoms with van der Waals surface area (Å²) in [7, 11) is 0. The van der Waals surface area contributed by atoms with Crippen LogP contribution in [0, 0.1) is 11.8 Å². The van der Waals surface area contributed by atoms with E-state index in [1.54, 1.807) is 6.07 Å². The van der Waals surface area contributed by atoms with Gasteiger partial charge in [-0.2, -0.15) is 18.3 Å². The molecular formula is C20H22F3N5O. The van der Waals surface area contributed by atoms with Crippen LogP contribution in [0.4, 0.5) is 18.9 Å². The van der Waals surface area contributed by atoms with E-state index >= 15 is 0 Å². The summed E-state index contributed by atoms with van der Waals surface area (Å²) >= 11 is 0. The molecule has 2 saturated heterocycles. The van der Waals surface area contributed by atoms with Crippen LogP contribution in [-0.2, 0) is 19.1 Å². The smallest absolute Gasteiger partial charge is 0.370 e. The molecule has 1 amide bonds. The molecule has 0 spiro atoms. The number of H-pyrrole nitrogens is 1. The number of nitrogens with zero attached hydrogens (tertiary/aromatic N) is 3. The van der Waals surface area contributed by atoms with Crippen molar-refractivity contribution in [1.29, 1.82) is 0 Å². The van der Waals surface area contributed by atoms with Crippen LogP contribution in [-0.4, -0.2) is 53.7 Å². The third-order valence-corrected chi connectivity index (χ3v) is 6.33. The molecule has 154 valence electrons. The fourth-order valence-corrected chi connectivity index (χ4v) is 4.91. The van der Waals surface area contributed by atoms with Crippen molar-refractivity contribution in [2.24, 2.45) is 11.8 Å². The van der Waals surface area contributed by atoms with Gasteiger partial charge in [0.25, 0.3) is 5.91 Å². The van der Waals surface area contributed by atoms with Gasteiger partial charge in [0.15, 0.2) is 5.69 Å². The molecule has 3 aliphatic heterocycles. The number of carbonyl (C=O) groups is 1. The number of benzene rings is 1. The van der Waals surface area contributed by atoms with Crippen molar-refractivity contribution in [2.45, 2.75) is 19.1 Å². The second-order valence-corrected chi connectivity index (χ2v) is 8.11. The fraction of sp³-hybridized carbons (Fsp3) is 0.500. The topological polar surface area (TPSA) is 64.3 Å². The minimum atomic E-state index is -4.37. The predicted molar refractivity (Wildman–Crippen MR) is 101 cm³/mol. The zero-order valence-electron chi connectivity index (χ0n) is 15.8. The van der Waals surface area contributed by atoms with Crippen molar-refractivity contribution in [2.75, 3.05) is 37.6 Å². The van der Waals surface area contributed by atoms with Gasteiger partial charge < -0.3 is 15.1 Å². The number of likely N-dealkylation sites (tertiary alicyclic amines) is 1. The number of rotatable bonds is 2. The predicted octanol–water partition coefficient (Wildman–Crippen LogP) is 2.28. The third-order valence-electron chi connectivity index (χ3n) is 6.33. The Bertz CT molecular complexity index is 926. The molecular weight excluding hydrogens is 383 g/mol. The van der Waals surface area contributed by atoms with Crippen molar-refractivity contribution in [3.05, 3.63) is 46.8 Å². The lowest BCUT2D eigenvalue weighted by molar-refractivity contribution is -0.137. The van der Waals surface area contributed by atoms with Gasteiger partial charge in [0.1, 0.15) is 0 Å². The van der Waals surface area contributed by atoms with Gasteiger partial charge in [-0.05, 0) is 25.1 Å². The summed E-state index contributed by atoms with van der Waals surface area (Å²) < 4.78 is 40.1. The minimum absolute atomic E-state index is 0.0685. The van der Waals surface area contributed by atoms with E-state index in [0.717, 1.165) is 30.3 Å². The van der Waals surface area contributed by atoms with Gasteiger partial charge in [0, 0.05) is 55.8 Å². The first-order valence-electron chi connectivity index (χ1n) is 9.89. The average Bonchev–Trinajstić information content (AvgIpc) is 3.39. The second-order valence-electron chi connectivity index (χ2n) is 8.11. The number of hydrogen-bond acceptors (Lipinski definition) is 4. The Balaban J connectivity index is 1.30. The van der Waals surface area contributed by atoms with E-state index < -0.39 is 11.7 Å². The summed E-state index contributed by atoms with van der Waals surface area (Å²) in [4.78, 5) is 16.7. The normalized spacial score (nSPS) is 24.0. The number of alkyl halides is 3. The van der Waals surface area contributed by atoms with E-state index in [-0.39, 0.29) is 23.4 Å². The Morgan fingerprint density at radius 2 is 1.83 bits per heavy atom. The van der Waals surface area contributed by atoms with Crippen LogP contribution in [0.15, 0.2) is 24.3 Å². The summed E-state index contributed by atoms with van der Waals surface area (Å²) in [5.74, 6) is 0.286. The number of nitrogens with one attached hydrogen (secondary N) is 2. The summed E-state index contributed by atoms with van der Waals surface area (Å²) in [5, 5.41) is 10.4. The molecule has 6 nitrogen and oxygen atoms in total. The van der Waals surface area contributed by atoms with Crippen molar-refractivity contribution in [3.63, 3.8) is 0 Å². The van der Waals surface area contributed by atoms with Crippen LogP contribution in [0.2, 0.25) is 0 Å². The monoisotopic (exact) mass is 405 g/mol. The summed E-state index contributed by atoms with van der Waals surface area (Å²) in [6.07, 6.45) is -3.60. The Hall–Kier alpha value is -2.55. The van der Waals surface area contributed by atoms with Crippen LogP contribution in [0.3, 0.4) is 0 Å². The zero-order chi connectivity index (χ0) is 20.2. The molecule has 0 saturated carbocycles. The van der Waals surface area contributed by atoms with Gasteiger partial charge in [0.2, 0.25) is 0 Å². The van der Waals surface area contributed by atoms with Gasteiger partial charge in [-0.25, -0.2) is 0 Å². The molecule has 0 bridgehead atoms. The summed E-state index contributed by atoms with van der Waals surface area (Å²) in [5.41, 5.74) is 2.10. The van der Waals surface area contributed by atoms with E-state index in [2.05, 4.69) is 15.5 Å². The van der Waals surface area contributed by atoms with E-state index in [4.69, 9.17) is 0 Å². The maximum Gasteiger partial charge on any atom is 0.418 e. The number of anilines is 1. The lowest BCUT2D eigenvalue weighted by Crippen LogP contribution is -2.35. The molecule has 2 aromatic rings. The highest BCUT2D eigenvalue weighted by molar-refractivity contribution is 5.94. The second kappa shape index (κ2) is 6.76. The van der Waals surface area contributed by atoms with Gasteiger partial charge in [-0.3, -0.25) is 9.89 Å². The molecule has 1 aromatic carbocycles. The molecule has 4 heterocycles. The van der Waals surface area contributed by atoms with Crippen LogP contribution in [0.5, 0.6) is 0 Å². The lowest BCUT2D eigenvalue weighted by atomic mass is 10.0. The minimum Gasteiger partial charge on any atom is -0.370 e. The molecule has 0 aliphatic carbocycles. The highest BCUT2D eigenvalue weighted by atomic mass is 19.4. The highest BCUT2D eigenvalue weighted by Gasteiger charge is 2.44. The van der Waals surface area contributed by atoms with E-state index in [0.29, 0.717) is 38.4 Å². The van der Waals surface area contributed by atoms with Crippen LogP contribution in [0.1, 0.15) is 27.3 Å². The molecule has 2 N–H and O–H groups in total. The Kier molecular flexibility index (Phi) is 4.31. The number of carbonyl (C=O) groups excluding carboxylic acids is 1. The SMILES string of the molecule is O=C(c1n[nH]c2c1CCNC2)N1C[C@@H]2CN(c3ccccc3C(F)(F)F)C[C@@H]2C1. The number of amides is 1. The highest BCUT2D eigenvalue weighted by Crippen LogP contribution is 2.41. The number of para-hydroxylation sites is 1. The van der Waals surface area contributed by atoms with Crippen molar-refractivity contribution >= 4 is 11.6 Å². The molecule has 2 fully saturated rings. The number of hydrogen-bond donors (Lipinski definition) is 2. The summed E-state index contributed by atoms with van der Waals surface area (Å²) in [6.45, 7) is 3.70. The lowest BCUT2D eigenvalue weighted by Gasteiger charge is -2.26. The number of halogens is 3. The Morgan fingerprint density at radius 3 is 2.55 bits per heavy atom. The first kappa shape index (κ1) is 18.5. The van der Waals surface area contributed by atoms with Crippen molar-refractivity contribution in [1.82, 2.24) is 20.4 Å². The molecule has 5 rings (SSSR count). The van der Waals surface area contributed by atoms with Gasteiger partial charge >= 0.3 is 6.18 Å². The van der Waals surface area contributed by atoms with Crippen LogP contribution >= 0.6 is 0 Å². The standard InChI is InChI=1S/C20H22F3N5O/c21-20(22,23)15-3-1-2-4-17(15)27-8-12-10-28(11-13(12)9-27)19(29)18-14-5-6-24-7-16(14)25-26-18/h1-4,12-13,24H,5-11H2,(H,25,26)/t12-,13+. The number of aromatic amines is 1. The quantitative estimate of drug-likeness (QED) is 0.805. The van der Waals surface area contributed by atoms with Crippen molar-refractivity contribution < 1.29 is 18.0 Å². The van der Waals surface area contributed by atoms with Crippen LogP contribution in [0.25, 0.3) is 0 Å². The maximum absolute atomic E-state index is 13.4. The first-order chi connectivity index (χ1) is 13.9. The fourth-order valence-electron chi connectivity index (χ4n) is 4.91. The molecule has 1 aromatic heterocycles. The maximum atomic E-state index is 13.4. The summed E-state index contributed by atoms with van der Waals surface area (Å²) in [6, 6.07) is 5.74.